The van der Waals surface area contributed by atoms with Crippen LogP contribution in [-0.2, 0) is 0 Å². The lowest BCUT2D eigenvalue weighted by atomic mass is 9.98. The van der Waals surface area contributed by atoms with Crippen LogP contribution in [0.1, 0.15) is 69.9 Å². The number of non-ortho nitro benzene ring substituents is 1. The van der Waals surface area contributed by atoms with Gasteiger partial charge in [-0.05, 0) is 48.1 Å². The van der Waals surface area contributed by atoms with E-state index >= 15 is 0 Å². The molecule has 0 heterocycles. The minimum Gasteiger partial charge on any atom is -0.385 e. The van der Waals surface area contributed by atoms with Crippen LogP contribution >= 0.6 is 0 Å². The zero-order valence-electron chi connectivity index (χ0n) is 17.8. The second-order valence-electron chi connectivity index (χ2n) is 7.80. The predicted octanol–water partition coefficient (Wildman–Crippen LogP) is 7.07. The monoisotopic (exact) mass is 394 g/mol. The number of rotatable bonds is 13. The van der Waals surface area contributed by atoms with Crippen molar-refractivity contribution in [1.82, 2.24) is 5.32 Å². The molecular formula is C25H34N2O2. The van der Waals surface area contributed by atoms with Crippen molar-refractivity contribution in [2.75, 3.05) is 6.54 Å². The van der Waals surface area contributed by atoms with E-state index in [4.69, 9.17) is 0 Å². The van der Waals surface area contributed by atoms with Crippen LogP contribution in [0.2, 0.25) is 0 Å². The van der Waals surface area contributed by atoms with E-state index in [1.54, 1.807) is 12.1 Å². The molecule has 2 aromatic rings. The largest absolute Gasteiger partial charge is 0.385 e. The average Bonchev–Trinajstić information content (AvgIpc) is 2.74. The Balaban J connectivity index is 1.94. The van der Waals surface area contributed by atoms with Gasteiger partial charge in [-0.25, -0.2) is 0 Å². The van der Waals surface area contributed by atoms with Crippen LogP contribution in [0.4, 0.5) is 5.69 Å². The molecule has 0 aliphatic carbocycles. The minimum absolute atomic E-state index is 0.115. The van der Waals surface area contributed by atoms with E-state index in [9.17, 15) is 10.1 Å². The van der Waals surface area contributed by atoms with Crippen molar-refractivity contribution >= 4 is 17.5 Å². The lowest BCUT2D eigenvalue weighted by molar-refractivity contribution is -0.384. The zero-order valence-corrected chi connectivity index (χ0v) is 17.8. The van der Waals surface area contributed by atoms with Gasteiger partial charge in [-0.1, -0.05) is 76.3 Å². The maximum atomic E-state index is 10.9. The van der Waals surface area contributed by atoms with Gasteiger partial charge in [0.25, 0.3) is 5.69 Å². The highest BCUT2D eigenvalue weighted by atomic mass is 16.6. The molecule has 0 bridgehead atoms. The molecule has 4 nitrogen and oxygen atoms in total. The molecule has 0 radical (unpaired) electrons. The number of unbranched alkanes of at least 4 members (excludes halogenated alkanes) is 3. The Morgan fingerprint density at radius 2 is 1.69 bits per heavy atom. The lowest BCUT2D eigenvalue weighted by Gasteiger charge is -2.14. The highest BCUT2D eigenvalue weighted by molar-refractivity contribution is 5.80. The van der Waals surface area contributed by atoms with Gasteiger partial charge in [-0.2, -0.15) is 0 Å². The smallest absolute Gasteiger partial charge is 0.269 e. The third kappa shape index (κ3) is 8.51. The Hall–Kier alpha value is -2.62. The predicted molar refractivity (Wildman–Crippen MR) is 123 cm³/mol. The summed E-state index contributed by atoms with van der Waals surface area (Å²) in [5, 5.41) is 14.5. The molecule has 29 heavy (non-hydrogen) atoms. The molecule has 0 saturated carbocycles. The summed E-state index contributed by atoms with van der Waals surface area (Å²) in [5.41, 5.74) is 3.19. The van der Waals surface area contributed by atoms with Crippen molar-refractivity contribution in [3.05, 3.63) is 75.8 Å². The lowest BCUT2D eigenvalue weighted by Crippen LogP contribution is -2.14. The van der Waals surface area contributed by atoms with Crippen LogP contribution in [0.15, 0.2) is 54.6 Å². The molecule has 0 saturated heterocycles. The van der Waals surface area contributed by atoms with E-state index < -0.39 is 0 Å². The molecule has 1 atom stereocenters. The van der Waals surface area contributed by atoms with Crippen molar-refractivity contribution in [1.29, 1.82) is 0 Å². The SMILES string of the molecule is CCCCCCC(C)CCCNC(=Cc1ccccc1)c1ccc([N+](=O)[O-])cc1. The molecule has 0 aliphatic heterocycles. The number of nitro benzene ring substituents is 1. The number of nitrogens with one attached hydrogen (secondary N) is 1. The number of hydrogen-bond donors (Lipinski definition) is 1. The van der Waals surface area contributed by atoms with Crippen molar-refractivity contribution in [2.45, 2.75) is 58.8 Å². The van der Waals surface area contributed by atoms with E-state index in [-0.39, 0.29) is 10.6 Å². The third-order valence-electron chi connectivity index (χ3n) is 5.24. The molecule has 1 unspecified atom stereocenters. The van der Waals surface area contributed by atoms with E-state index in [0.29, 0.717) is 0 Å². The normalized spacial score (nSPS) is 12.6. The van der Waals surface area contributed by atoms with E-state index in [0.717, 1.165) is 35.7 Å². The minimum atomic E-state index is -0.361. The van der Waals surface area contributed by atoms with Gasteiger partial charge in [0.2, 0.25) is 0 Å². The maximum absolute atomic E-state index is 10.9. The molecule has 1 N–H and O–H groups in total. The van der Waals surface area contributed by atoms with E-state index in [1.807, 2.05) is 30.3 Å². The van der Waals surface area contributed by atoms with Crippen LogP contribution < -0.4 is 5.32 Å². The van der Waals surface area contributed by atoms with Gasteiger partial charge in [-0.15, -0.1) is 0 Å². The summed E-state index contributed by atoms with van der Waals surface area (Å²) in [6.45, 7) is 5.50. The van der Waals surface area contributed by atoms with Crippen molar-refractivity contribution in [3.8, 4) is 0 Å². The first-order chi connectivity index (χ1) is 14.1. The molecule has 2 rings (SSSR count). The molecule has 4 heteroatoms. The van der Waals surface area contributed by atoms with Gasteiger partial charge in [0.1, 0.15) is 0 Å². The van der Waals surface area contributed by atoms with Crippen molar-refractivity contribution < 1.29 is 4.92 Å². The number of nitro groups is 1. The van der Waals surface area contributed by atoms with Crippen molar-refractivity contribution in [2.24, 2.45) is 5.92 Å². The Morgan fingerprint density at radius 3 is 2.34 bits per heavy atom. The molecule has 0 fully saturated rings. The van der Waals surface area contributed by atoms with Crippen LogP contribution in [0, 0.1) is 16.0 Å². The van der Waals surface area contributed by atoms with Gasteiger partial charge in [-0.3, -0.25) is 10.1 Å². The van der Waals surface area contributed by atoms with Crippen LogP contribution in [0.5, 0.6) is 0 Å². The summed E-state index contributed by atoms with van der Waals surface area (Å²) in [6, 6.07) is 16.9. The number of nitrogens with zero attached hydrogens (tertiary/aromatic N) is 1. The summed E-state index contributed by atoms with van der Waals surface area (Å²) in [4.78, 5) is 10.6. The third-order valence-corrected chi connectivity index (χ3v) is 5.24. The maximum Gasteiger partial charge on any atom is 0.269 e. The first-order valence-electron chi connectivity index (χ1n) is 10.9. The van der Waals surface area contributed by atoms with Crippen molar-refractivity contribution in [3.63, 3.8) is 0 Å². The van der Waals surface area contributed by atoms with Gasteiger partial charge in [0, 0.05) is 24.4 Å². The summed E-state index contributed by atoms with van der Waals surface area (Å²) in [6.07, 6.45) is 11.1. The summed E-state index contributed by atoms with van der Waals surface area (Å²) in [5.74, 6) is 0.759. The quantitative estimate of drug-likeness (QED) is 0.171. The topological polar surface area (TPSA) is 55.2 Å². The number of hydrogen-bond acceptors (Lipinski definition) is 3. The second kappa shape index (κ2) is 12.8. The molecule has 0 aliphatic rings. The summed E-state index contributed by atoms with van der Waals surface area (Å²) >= 11 is 0. The Labute approximate surface area is 175 Å². The zero-order chi connectivity index (χ0) is 20.9. The van der Waals surface area contributed by atoms with E-state index in [2.05, 4.69) is 37.4 Å². The van der Waals surface area contributed by atoms with Gasteiger partial charge < -0.3 is 5.32 Å². The molecule has 2 aromatic carbocycles. The molecule has 0 aromatic heterocycles. The first kappa shape index (κ1) is 22.7. The summed E-state index contributed by atoms with van der Waals surface area (Å²) < 4.78 is 0. The fourth-order valence-corrected chi connectivity index (χ4v) is 3.45. The molecular weight excluding hydrogens is 360 g/mol. The van der Waals surface area contributed by atoms with Gasteiger partial charge in [0.05, 0.1) is 4.92 Å². The highest BCUT2D eigenvalue weighted by Gasteiger charge is 2.08. The fraction of sp³-hybridized carbons (Fsp3) is 0.440. The molecule has 0 spiro atoms. The molecule has 156 valence electrons. The average molecular weight is 395 g/mol. The van der Waals surface area contributed by atoms with Crippen LogP contribution in [-0.4, -0.2) is 11.5 Å². The van der Waals surface area contributed by atoms with Gasteiger partial charge >= 0.3 is 0 Å². The van der Waals surface area contributed by atoms with Gasteiger partial charge in [0.15, 0.2) is 0 Å². The highest BCUT2D eigenvalue weighted by Crippen LogP contribution is 2.20. The Kier molecular flexibility index (Phi) is 9.98. The Bertz CT molecular complexity index is 754. The Morgan fingerprint density at radius 1 is 1.00 bits per heavy atom. The second-order valence-corrected chi connectivity index (χ2v) is 7.80. The summed E-state index contributed by atoms with van der Waals surface area (Å²) in [7, 11) is 0. The number of benzene rings is 2. The van der Waals surface area contributed by atoms with Crippen LogP contribution in [0.25, 0.3) is 11.8 Å². The molecule has 0 amide bonds. The van der Waals surface area contributed by atoms with Crippen LogP contribution in [0.3, 0.4) is 0 Å². The fourth-order valence-electron chi connectivity index (χ4n) is 3.45. The standard InChI is InChI=1S/C25H34N2O2/c1-3-4-5-7-11-21(2)12-10-19-26-25(20-22-13-8-6-9-14-22)23-15-17-24(18-16-23)27(28)29/h6,8-9,13-18,20-21,26H,3-5,7,10-12,19H2,1-2H3. The first-order valence-corrected chi connectivity index (χ1v) is 10.9. The van der Waals surface area contributed by atoms with E-state index in [1.165, 1.54) is 38.5 Å².